The number of ether oxygens (including phenoxy) is 3. The minimum Gasteiger partial charge on any atom is -0.507 e. The molecule has 7 rings (SSSR count). The van der Waals surface area contributed by atoms with E-state index in [1.165, 1.54) is 28.0 Å². The summed E-state index contributed by atoms with van der Waals surface area (Å²) in [6.07, 6.45) is 0. The van der Waals surface area contributed by atoms with Crippen molar-refractivity contribution in [2.75, 3.05) is 18.1 Å². The lowest BCUT2D eigenvalue weighted by molar-refractivity contribution is -0.132. The molecule has 9 nitrogen and oxygen atoms in total. The molecule has 1 amide bonds. The second kappa shape index (κ2) is 13.1. The lowest BCUT2D eigenvalue weighted by Crippen LogP contribution is -2.29. The number of nitrogens with zero attached hydrogens (tertiary/aromatic N) is 3. The summed E-state index contributed by atoms with van der Waals surface area (Å²) in [6, 6.07) is 30.8. The zero-order chi connectivity index (χ0) is 31.5. The van der Waals surface area contributed by atoms with Gasteiger partial charge in [-0.2, -0.15) is 0 Å². The van der Waals surface area contributed by atoms with Crippen molar-refractivity contribution in [1.29, 1.82) is 0 Å². The maximum atomic E-state index is 13.7. The van der Waals surface area contributed by atoms with Crippen molar-refractivity contribution >= 4 is 45.7 Å². The predicted octanol–water partition coefficient (Wildman–Crippen LogP) is 6.81. The Morgan fingerprint density at radius 2 is 1.61 bits per heavy atom. The standard InChI is InChI=1S/C35H27N3O6S2/c39-31(25-14-15-27-28(19-25)43-17-16-42-27)29-30(24-12-7-13-26(18-24)44-20-22-8-3-1-4-9-22)38(33(41)32(29)40)34-36-37-35(46-34)45-21-23-10-5-2-6-11-23/h1-15,18-19,30,39H,16-17,20-21H2/b31-29+/t30-/m0/s1. The summed E-state index contributed by atoms with van der Waals surface area (Å²) < 4.78 is 18.1. The van der Waals surface area contributed by atoms with E-state index in [1.54, 1.807) is 36.4 Å². The van der Waals surface area contributed by atoms with Gasteiger partial charge in [0.05, 0.1) is 11.6 Å². The maximum Gasteiger partial charge on any atom is 0.301 e. The number of hydrogen-bond donors (Lipinski definition) is 1. The van der Waals surface area contributed by atoms with Crippen LogP contribution >= 0.6 is 23.1 Å². The Morgan fingerprint density at radius 1 is 0.870 bits per heavy atom. The van der Waals surface area contributed by atoms with Crippen molar-refractivity contribution in [3.8, 4) is 17.2 Å². The number of benzene rings is 4. The first-order valence-corrected chi connectivity index (χ1v) is 16.3. The molecule has 1 atom stereocenters. The lowest BCUT2D eigenvalue weighted by Gasteiger charge is -2.23. The number of amides is 1. The van der Waals surface area contributed by atoms with Gasteiger partial charge in [-0.1, -0.05) is 95.9 Å². The third-order valence-corrected chi connectivity index (χ3v) is 9.62. The molecule has 2 aliphatic heterocycles. The van der Waals surface area contributed by atoms with Gasteiger partial charge in [0, 0.05) is 11.3 Å². The monoisotopic (exact) mass is 649 g/mol. The molecule has 3 heterocycles. The topological polar surface area (TPSA) is 111 Å². The quantitative estimate of drug-likeness (QED) is 0.0606. The van der Waals surface area contributed by atoms with Crippen LogP contribution in [0, 0.1) is 0 Å². The van der Waals surface area contributed by atoms with Crippen molar-refractivity contribution in [3.05, 3.63) is 131 Å². The van der Waals surface area contributed by atoms with Crippen LogP contribution in [0.3, 0.4) is 0 Å². The van der Waals surface area contributed by atoms with Gasteiger partial charge in [-0.3, -0.25) is 14.5 Å². The molecule has 2 aliphatic rings. The number of fused-ring (bicyclic) bond motifs is 1. The van der Waals surface area contributed by atoms with Gasteiger partial charge in [0.15, 0.2) is 15.8 Å². The molecule has 1 N–H and O–H groups in total. The molecule has 0 unspecified atom stereocenters. The summed E-state index contributed by atoms with van der Waals surface area (Å²) >= 11 is 2.71. The number of aromatic nitrogens is 2. The van der Waals surface area contributed by atoms with Crippen molar-refractivity contribution in [2.45, 2.75) is 22.7 Å². The number of carbonyl (C=O) groups excluding carboxylic acids is 2. The minimum absolute atomic E-state index is 0.0735. The molecule has 0 spiro atoms. The zero-order valence-electron chi connectivity index (χ0n) is 24.4. The average molecular weight is 650 g/mol. The molecule has 46 heavy (non-hydrogen) atoms. The molecule has 1 aromatic heterocycles. The highest BCUT2D eigenvalue weighted by atomic mass is 32.2. The smallest absolute Gasteiger partial charge is 0.301 e. The average Bonchev–Trinajstić information content (AvgIpc) is 3.68. The number of Topliss-reactive ketones (excluding diaryl/α,β-unsaturated/α-hetero) is 1. The van der Waals surface area contributed by atoms with E-state index in [4.69, 9.17) is 14.2 Å². The highest BCUT2D eigenvalue weighted by Crippen LogP contribution is 2.45. The highest BCUT2D eigenvalue weighted by molar-refractivity contribution is 8.00. The fraction of sp³-hybridized carbons (Fsp3) is 0.143. The van der Waals surface area contributed by atoms with E-state index < -0.39 is 17.7 Å². The van der Waals surface area contributed by atoms with Gasteiger partial charge in [0.2, 0.25) is 5.13 Å². The predicted molar refractivity (Wildman–Crippen MR) is 175 cm³/mol. The first-order valence-electron chi connectivity index (χ1n) is 14.5. The Morgan fingerprint density at radius 3 is 2.39 bits per heavy atom. The summed E-state index contributed by atoms with van der Waals surface area (Å²) in [5.41, 5.74) is 2.93. The fourth-order valence-electron chi connectivity index (χ4n) is 5.28. The maximum absolute atomic E-state index is 13.7. The van der Waals surface area contributed by atoms with Crippen LogP contribution in [0.2, 0.25) is 0 Å². The van der Waals surface area contributed by atoms with Crippen LogP contribution < -0.4 is 19.1 Å². The number of aliphatic hydroxyl groups is 1. The Labute approximate surface area is 273 Å². The van der Waals surface area contributed by atoms with E-state index in [9.17, 15) is 14.7 Å². The molecule has 1 saturated heterocycles. The Kier molecular flexibility index (Phi) is 8.41. The summed E-state index contributed by atoms with van der Waals surface area (Å²) in [7, 11) is 0. The second-order valence-corrected chi connectivity index (χ2v) is 12.7. The van der Waals surface area contributed by atoms with Gasteiger partial charge < -0.3 is 19.3 Å². The number of anilines is 1. The molecule has 230 valence electrons. The van der Waals surface area contributed by atoms with Crippen LogP contribution in [0.1, 0.15) is 28.3 Å². The van der Waals surface area contributed by atoms with Crippen LogP contribution in [0.5, 0.6) is 17.2 Å². The number of carbonyl (C=O) groups is 2. The molecule has 1 fully saturated rings. The van der Waals surface area contributed by atoms with Crippen molar-refractivity contribution in [2.24, 2.45) is 0 Å². The van der Waals surface area contributed by atoms with E-state index >= 15 is 0 Å². The molecule has 4 aromatic carbocycles. The Hall–Kier alpha value is -5.13. The van der Waals surface area contributed by atoms with E-state index in [0.29, 0.717) is 58.3 Å². The zero-order valence-corrected chi connectivity index (χ0v) is 26.0. The summed E-state index contributed by atoms with van der Waals surface area (Å²) in [5, 5.41) is 20.5. The highest BCUT2D eigenvalue weighted by Gasteiger charge is 2.48. The summed E-state index contributed by atoms with van der Waals surface area (Å²) in [4.78, 5) is 28.8. The second-order valence-electron chi connectivity index (χ2n) is 10.5. The first-order chi connectivity index (χ1) is 22.5. The number of rotatable bonds is 9. The van der Waals surface area contributed by atoms with Crippen LogP contribution in [0.25, 0.3) is 5.76 Å². The molecule has 0 saturated carbocycles. The van der Waals surface area contributed by atoms with Gasteiger partial charge in [-0.05, 0) is 47.0 Å². The molecule has 0 bridgehead atoms. The van der Waals surface area contributed by atoms with E-state index in [1.807, 2.05) is 66.7 Å². The van der Waals surface area contributed by atoms with Crippen molar-refractivity contribution in [3.63, 3.8) is 0 Å². The Balaban J connectivity index is 1.26. The summed E-state index contributed by atoms with van der Waals surface area (Å²) in [5.74, 6) is 0.225. The van der Waals surface area contributed by atoms with Gasteiger partial charge >= 0.3 is 5.91 Å². The summed E-state index contributed by atoms with van der Waals surface area (Å²) in [6.45, 7) is 1.11. The van der Waals surface area contributed by atoms with Crippen molar-refractivity contribution in [1.82, 2.24) is 10.2 Å². The first kappa shape index (κ1) is 29.6. The number of thioether (sulfide) groups is 1. The van der Waals surface area contributed by atoms with E-state index in [-0.39, 0.29) is 16.5 Å². The molecule has 0 radical (unpaired) electrons. The number of hydrogen-bond acceptors (Lipinski definition) is 10. The Bertz CT molecular complexity index is 1930. The van der Waals surface area contributed by atoms with Gasteiger partial charge in [0.1, 0.15) is 31.3 Å². The van der Waals surface area contributed by atoms with Gasteiger partial charge in [-0.25, -0.2) is 0 Å². The normalized spacial score (nSPS) is 16.9. The minimum atomic E-state index is -0.992. The largest absolute Gasteiger partial charge is 0.507 e. The number of ketones is 1. The molecular formula is C35H27N3O6S2. The van der Waals surface area contributed by atoms with Gasteiger partial charge in [-0.15, -0.1) is 10.2 Å². The van der Waals surface area contributed by atoms with Crippen molar-refractivity contribution < 1.29 is 28.9 Å². The third kappa shape index (κ3) is 6.07. The molecule has 11 heteroatoms. The van der Waals surface area contributed by atoms with Gasteiger partial charge in [0.25, 0.3) is 5.78 Å². The van der Waals surface area contributed by atoms with E-state index in [2.05, 4.69) is 10.2 Å². The SMILES string of the molecule is O=C1C(=O)N(c2nnc(SCc3ccccc3)s2)[C@@H](c2cccc(OCc3ccccc3)c2)/C1=C(\O)c1ccc2c(c1)OCCO2. The molecule has 0 aliphatic carbocycles. The fourth-order valence-corrected chi connectivity index (χ4v) is 7.11. The van der Waals surface area contributed by atoms with E-state index in [0.717, 1.165) is 11.1 Å². The van der Waals surface area contributed by atoms with Crippen LogP contribution in [-0.2, 0) is 21.9 Å². The van der Waals surface area contributed by atoms with Crippen LogP contribution in [0.15, 0.2) is 113 Å². The molecule has 5 aromatic rings. The third-order valence-electron chi connectivity index (χ3n) is 7.49. The molecular weight excluding hydrogens is 623 g/mol. The number of aliphatic hydroxyl groups excluding tert-OH is 1. The lowest BCUT2D eigenvalue weighted by atomic mass is 9.95. The van der Waals surface area contributed by atoms with Crippen LogP contribution in [-0.4, -0.2) is 40.2 Å². The van der Waals surface area contributed by atoms with Crippen LogP contribution in [0.4, 0.5) is 5.13 Å².